The summed E-state index contributed by atoms with van der Waals surface area (Å²) in [5.41, 5.74) is 2.43. The van der Waals surface area contributed by atoms with Gasteiger partial charge in [-0.25, -0.2) is 0 Å². The second-order valence-corrected chi connectivity index (χ2v) is 6.08. The van der Waals surface area contributed by atoms with Crippen LogP contribution >= 0.6 is 11.6 Å². The summed E-state index contributed by atoms with van der Waals surface area (Å²) in [5, 5.41) is 8.41. The molecule has 5 nitrogen and oxygen atoms in total. The molecule has 6 heteroatoms. The fourth-order valence-electron chi connectivity index (χ4n) is 2.59. The fourth-order valence-corrected chi connectivity index (χ4v) is 2.77. The topological polar surface area (TPSA) is 60.1 Å². The number of hydrogen-bond acceptors (Lipinski definition) is 3. The van der Waals surface area contributed by atoms with Crippen molar-refractivity contribution in [3.63, 3.8) is 0 Å². The molecule has 0 radical (unpaired) electrons. The second kappa shape index (κ2) is 6.45. The third kappa shape index (κ3) is 3.41. The van der Waals surface area contributed by atoms with Gasteiger partial charge in [0.05, 0.1) is 6.54 Å². The normalized spacial score (nSPS) is 10.9. The van der Waals surface area contributed by atoms with Crippen molar-refractivity contribution in [2.45, 2.75) is 6.54 Å². The van der Waals surface area contributed by atoms with Crippen molar-refractivity contribution in [1.82, 2.24) is 9.78 Å². The Bertz CT molecular complexity index is 1020. The van der Waals surface area contributed by atoms with Crippen molar-refractivity contribution in [3.8, 4) is 0 Å². The van der Waals surface area contributed by atoms with Crippen LogP contribution in [0.3, 0.4) is 0 Å². The Hall–Kier alpha value is -3.05. The Labute approximate surface area is 148 Å². The van der Waals surface area contributed by atoms with Gasteiger partial charge in [0, 0.05) is 28.5 Å². The first-order valence-electron chi connectivity index (χ1n) is 7.74. The zero-order chi connectivity index (χ0) is 17.2. The molecule has 0 aliphatic carbocycles. The number of rotatable bonds is 4. The molecule has 1 amide bonds. The monoisotopic (exact) mass is 351 g/mol. The number of amides is 1. The van der Waals surface area contributed by atoms with Gasteiger partial charge in [0.25, 0.3) is 5.91 Å². The van der Waals surface area contributed by atoms with E-state index in [1.807, 2.05) is 41.2 Å². The number of nitrogens with one attached hydrogen (secondary N) is 1. The quantitative estimate of drug-likeness (QED) is 0.585. The van der Waals surface area contributed by atoms with E-state index in [4.69, 9.17) is 16.0 Å². The van der Waals surface area contributed by atoms with E-state index >= 15 is 0 Å². The Kier molecular flexibility index (Phi) is 3.99. The number of fused-ring (bicyclic) bond motifs is 1. The van der Waals surface area contributed by atoms with Crippen LogP contribution in [-0.4, -0.2) is 15.7 Å². The number of benzene rings is 2. The average molecular weight is 352 g/mol. The molecule has 2 heterocycles. The first-order chi connectivity index (χ1) is 12.2. The molecule has 0 bridgehead atoms. The molecule has 0 aliphatic rings. The Morgan fingerprint density at radius 1 is 1.16 bits per heavy atom. The Balaban J connectivity index is 1.47. The summed E-state index contributed by atoms with van der Waals surface area (Å²) in [6.07, 6.45) is 3.65. The minimum absolute atomic E-state index is 0.248. The van der Waals surface area contributed by atoms with E-state index in [-0.39, 0.29) is 11.7 Å². The van der Waals surface area contributed by atoms with E-state index < -0.39 is 0 Å². The third-order valence-electron chi connectivity index (χ3n) is 3.82. The van der Waals surface area contributed by atoms with Crippen LogP contribution in [-0.2, 0) is 6.54 Å². The molecule has 0 saturated heterocycles. The minimum atomic E-state index is -0.299. The zero-order valence-corrected chi connectivity index (χ0v) is 13.9. The maximum atomic E-state index is 12.4. The van der Waals surface area contributed by atoms with Gasteiger partial charge in [-0.05, 0) is 48.0 Å². The van der Waals surface area contributed by atoms with Crippen LogP contribution in [0, 0.1) is 0 Å². The van der Waals surface area contributed by atoms with Crippen LogP contribution in [0.2, 0.25) is 5.02 Å². The third-order valence-corrected chi connectivity index (χ3v) is 4.05. The standard InChI is InChI=1S/C19H14ClN3O2/c20-15-4-7-17-14(10-15)11-18(25-17)19(24)22-16-5-2-13(3-6-16)12-23-9-1-8-21-23/h1-11H,12H2,(H,22,24). The number of hydrogen-bond donors (Lipinski definition) is 1. The summed E-state index contributed by atoms with van der Waals surface area (Å²) in [5.74, 6) is -0.0509. The lowest BCUT2D eigenvalue weighted by molar-refractivity contribution is 0.0998. The summed E-state index contributed by atoms with van der Waals surface area (Å²) >= 11 is 5.95. The summed E-state index contributed by atoms with van der Waals surface area (Å²) in [4.78, 5) is 12.4. The largest absolute Gasteiger partial charge is 0.451 e. The maximum Gasteiger partial charge on any atom is 0.291 e. The first kappa shape index (κ1) is 15.5. The smallest absolute Gasteiger partial charge is 0.291 e. The number of aromatic nitrogens is 2. The van der Waals surface area contributed by atoms with E-state index in [0.29, 0.717) is 22.8 Å². The first-order valence-corrected chi connectivity index (χ1v) is 8.12. The average Bonchev–Trinajstić information content (AvgIpc) is 3.25. The van der Waals surface area contributed by atoms with Crippen LogP contribution in [0.15, 0.2) is 71.4 Å². The highest BCUT2D eigenvalue weighted by molar-refractivity contribution is 6.31. The number of halogens is 1. The van der Waals surface area contributed by atoms with Crippen LogP contribution in [0.4, 0.5) is 5.69 Å². The van der Waals surface area contributed by atoms with Crippen molar-refractivity contribution in [1.29, 1.82) is 0 Å². The van der Waals surface area contributed by atoms with Gasteiger partial charge >= 0.3 is 0 Å². The van der Waals surface area contributed by atoms with Gasteiger partial charge in [-0.1, -0.05) is 23.7 Å². The molecule has 0 atom stereocenters. The predicted molar refractivity (Wildman–Crippen MR) is 96.9 cm³/mol. The van der Waals surface area contributed by atoms with Gasteiger partial charge in [-0.2, -0.15) is 5.10 Å². The number of furan rings is 1. The van der Waals surface area contributed by atoms with Gasteiger partial charge in [0.2, 0.25) is 0 Å². The lowest BCUT2D eigenvalue weighted by atomic mass is 10.2. The summed E-state index contributed by atoms with van der Waals surface area (Å²) in [7, 11) is 0. The minimum Gasteiger partial charge on any atom is -0.451 e. The van der Waals surface area contributed by atoms with Crippen molar-refractivity contribution < 1.29 is 9.21 Å². The van der Waals surface area contributed by atoms with Crippen LogP contribution in [0.1, 0.15) is 16.1 Å². The van der Waals surface area contributed by atoms with Crippen LogP contribution in [0.25, 0.3) is 11.0 Å². The number of carbonyl (C=O) groups is 1. The lowest BCUT2D eigenvalue weighted by Crippen LogP contribution is -2.10. The number of anilines is 1. The molecule has 2 aromatic carbocycles. The molecule has 124 valence electrons. The zero-order valence-electron chi connectivity index (χ0n) is 13.1. The second-order valence-electron chi connectivity index (χ2n) is 5.65. The van der Waals surface area contributed by atoms with E-state index in [1.165, 1.54) is 0 Å². The molecule has 4 rings (SSSR count). The van der Waals surface area contributed by atoms with E-state index in [2.05, 4.69) is 10.4 Å². The highest BCUT2D eigenvalue weighted by Crippen LogP contribution is 2.23. The summed E-state index contributed by atoms with van der Waals surface area (Å²) in [6, 6.07) is 16.4. The van der Waals surface area contributed by atoms with Crippen molar-refractivity contribution in [3.05, 3.63) is 83.3 Å². The molecule has 0 aliphatic heterocycles. The lowest BCUT2D eigenvalue weighted by Gasteiger charge is -2.05. The SMILES string of the molecule is O=C(Nc1ccc(Cn2cccn2)cc1)c1cc2cc(Cl)ccc2o1. The number of nitrogens with zero attached hydrogens (tertiary/aromatic N) is 2. The van der Waals surface area contributed by atoms with Crippen LogP contribution in [0.5, 0.6) is 0 Å². The Morgan fingerprint density at radius 2 is 2.00 bits per heavy atom. The Morgan fingerprint density at radius 3 is 2.76 bits per heavy atom. The molecular formula is C19H14ClN3O2. The van der Waals surface area contributed by atoms with Gasteiger partial charge < -0.3 is 9.73 Å². The molecule has 2 aromatic heterocycles. The summed E-state index contributed by atoms with van der Waals surface area (Å²) < 4.78 is 7.41. The molecule has 25 heavy (non-hydrogen) atoms. The summed E-state index contributed by atoms with van der Waals surface area (Å²) in [6.45, 7) is 0.686. The van der Waals surface area contributed by atoms with Crippen LogP contribution < -0.4 is 5.32 Å². The highest BCUT2D eigenvalue weighted by Gasteiger charge is 2.12. The number of carbonyl (C=O) groups excluding carboxylic acids is 1. The van der Waals surface area contributed by atoms with Crippen molar-refractivity contribution in [2.24, 2.45) is 0 Å². The molecule has 1 N–H and O–H groups in total. The van der Waals surface area contributed by atoms with Gasteiger partial charge in [-0.15, -0.1) is 0 Å². The maximum absolute atomic E-state index is 12.4. The molecule has 4 aromatic rings. The molecule has 0 unspecified atom stereocenters. The molecule has 0 fully saturated rings. The van der Waals surface area contributed by atoms with Crippen molar-refractivity contribution >= 4 is 34.2 Å². The van der Waals surface area contributed by atoms with Gasteiger partial charge in [0.1, 0.15) is 5.58 Å². The molecule has 0 saturated carbocycles. The fraction of sp³-hybridized carbons (Fsp3) is 0.0526. The molecular weight excluding hydrogens is 338 g/mol. The highest BCUT2D eigenvalue weighted by atomic mass is 35.5. The molecule has 0 spiro atoms. The van der Waals surface area contributed by atoms with Gasteiger partial charge in [0.15, 0.2) is 5.76 Å². The van der Waals surface area contributed by atoms with E-state index in [9.17, 15) is 4.79 Å². The predicted octanol–water partition coefficient (Wildman–Crippen LogP) is 4.58. The van der Waals surface area contributed by atoms with Crippen molar-refractivity contribution in [2.75, 3.05) is 5.32 Å². The van der Waals surface area contributed by atoms with Gasteiger partial charge in [-0.3, -0.25) is 9.48 Å². The van der Waals surface area contributed by atoms with E-state index in [1.54, 1.807) is 30.5 Å². The van der Waals surface area contributed by atoms with E-state index in [0.717, 1.165) is 10.9 Å².